The van der Waals surface area contributed by atoms with Crippen LogP contribution in [0.2, 0.25) is 5.15 Å². The van der Waals surface area contributed by atoms with Crippen molar-refractivity contribution in [3.8, 4) is 11.5 Å². The van der Waals surface area contributed by atoms with E-state index in [4.69, 9.17) is 21.1 Å². The van der Waals surface area contributed by atoms with Gasteiger partial charge in [-0.3, -0.25) is 4.90 Å². The topological polar surface area (TPSA) is 49.9 Å². The molecule has 0 aliphatic carbocycles. The molecule has 0 amide bonds. The number of hydrogen-bond donors (Lipinski definition) is 1. The van der Waals surface area contributed by atoms with Gasteiger partial charge in [-0.2, -0.15) is 0 Å². The molecule has 1 aromatic carbocycles. The fraction of sp³-hybridized carbons (Fsp3) is 0.526. The van der Waals surface area contributed by atoms with Crippen molar-refractivity contribution in [2.24, 2.45) is 0 Å². The highest BCUT2D eigenvalue weighted by atomic mass is 35.5. The largest absolute Gasteiger partial charge is 0.486 e. The van der Waals surface area contributed by atoms with Crippen molar-refractivity contribution in [3.63, 3.8) is 0 Å². The molecule has 6 nitrogen and oxygen atoms in total. The Morgan fingerprint density at radius 3 is 2.89 bits per heavy atom. The molecule has 1 atom stereocenters. The van der Waals surface area contributed by atoms with Crippen molar-refractivity contribution < 1.29 is 9.47 Å². The number of ether oxygens (including phenoxy) is 2. The molecule has 146 valence electrons. The van der Waals surface area contributed by atoms with Crippen LogP contribution in [0.5, 0.6) is 11.5 Å². The van der Waals surface area contributed by atoms with E-state index in [9.17, 15) is 0 Å². The van der Waals surface area contributed by atoms with E-state index in [1.54, 1.807) is 11.3 Å². The number of fused-ring (bicyclic) bond motifs is 1. The van der Waals surface area contributed by atoms with Crippen LogP contribution in [-0.2, 0) is 6.54 Å². The summed E-state index contributed by atoms with van der Waals surface area (Å²) in [7, 11) is 3.99. The van der Waals surface area contributed by atoms with Crippen LogP contribution >= 0.6 is 22.9 Å². The van der Waals surface area contributed by atoms with E-state index in [0.717, 1.165) is 53.3 Å². The molecule has 2 aliphatic heterocycles. The van der Waals surface area contributed by atoms with Gasteiger partial charge in [0.25, 0.3) is 0 Å². The molecule has 0 bridgehead atoms. The number of rotatable bonds is 5. The third-order valence-electron chi connectivity index (χ3n) is 4.81. The fourth-order valence-electron chi connectivity index (χ4n) is 3.50. The molecule has 0 radical (unpaired) electrons. The van der Waals surface area contributed by atoms with Crippen molar-refractivity contribution in [2.45, 2.75) is 25.4 Å². The third-order valence-corrected chi connectivity index (χ3v) is 6.44. The number of piperidine rings is 1. The van der Waals surface area contributed by atoms with Gasteiger partial charge in [-0.25, -0.2) is 4.98 Å². The van der Waals surface area contributed by atoms with Gasteiger partial charge in [0, 0.05) is 45.0 Å². The molecule has 27 heavy (non-hydrogen) atoms. The fourth-order valence-corrected chi connectivity index (χ4v) is 4.72. The molecule has 1 fully saturated rings. The Kier molecular flexibility index (Phi) is 5.61. The summed E-state index contributed by atoms with van der Waals surface area (Å²) >= 11 is 8.02. The highest BCUT2D eigenvalue weighted by Gasteiger charge is 2.23. The number of benzene rings is 1. The van der Waals surface area contributed by atoms with Crippen LogP contribution in [0.3, 0.4) is 0 Å². The zero-order valence-electron chi connectivity index (χ0n) is 15.7. The first-order valence-electron chi connectivity index (χ1n) is 9.29. The van der Waals surface area contributed by atoms with Crippen LogP contribution in [0.25, 0.3) is 0 Å². The van der Waals surface area contributed by atoms with E-state index in [2.05, 4.69) is 21.3 Å². The summed E-state index contributed by atoms with van der Waals surface area (Å²) in [5, 5.41) is 5.24. The van der Waals surface area contributed by atoms with Gasteiger partial charge >= 0.3 is 0 Å². The lowest BCUT2D eigenvalue weighted by Crippen LogP contribution is -2.41. The first kappa shape index (κ1) is 18.7. The van der Waals surface area contributed by atoms with E-state index < -0.39 is 0 Å². The average Bonchev–Trinajstić information content (AvgIpc) is 3.03. The Morgan fingerprint density at radius 2 is 2.11 bits per heavy atom. The van der Waals surface area contributed by atoms with Gasteiger partial charge < -0.3 is 19.7 Å². The van der Waals surface area contributed by atoms with Gasteiger partial charge in [0.2, 0.25) is 0 Å². The molecule has 3 heterocycles. The molecule has 1 N–H and O–H groups in total. The number of hydrogen-bond acceptors (Lipinski definition) is 7. The van der Waals surface area contributed by atoms with Gasteiger partial charge in [-0.15, -0.1) is 0 Å². The molecule has 4 rings (SSSR count). The quantitative estimate of drug-likeness (QED) is 0.813. The van der Waals surface area contributed by atoms with Crippen LogP contribution in [0.1, 0.15) is 17.7 Å². The maximum absolute atomic E-state index is 6.35. The lowest BCUT2D eigenvalue weighted by Gasteiger charge is -2.33. The Morgan fingerprint density at radius 1 is 1.30 bits per heavy atom. The molecule has 0 spiro atoms. The molecular weight excluding hydrogens is 384 g/mol. The molecule has 0 unspecified atom stereocenters. The average molecular weight is 409 g/mol. The Labute approximate surface area is 169 Å². The summed E-state index contributed by atoms with van der Waals surface area (Å²) in [4.78, 5) is 10.0. The summed E-state index contributed by atoms with van der Waals surface area (Å²) in [5.74, 6) is 1.65. The summed E-state index contributed by atoms with van der Waals surface area (Å²) in [5.41, 5.74) is 1.08. The summed E-state index contributed by atoms with van der Waals surface area (Å²) < 4.78 is 11.3. The monoisotopic (exact) mass is 408 g/mol. The lowest BCUT2D eigenvalue weighted by molar-refractivity contribution is 0.171. The van der Waals surface area contributed by atoms with Crippen LogP contribution in [0.4, 0.5) is 10.8 Å². The van der Waals surface area contributed by atoms with E-state index in [0.29, 0.717) is 24.4 Å². The Hall–Kier alpha value is -1.70. The van der Waals surface area contributed by atoms with Crippen molar-refractivity contribution in [2.75, 3.05) is 50.6 Å². The van der Waals surface area contributed by atoms with Gasteiger partial charge in [0.1, 0.15) is 18.4 Å². The lowest BCUT2D eigenvalue weighted by atomic mass is 10.1. The van der Waals surface area contributed by atoms with Crippen LogP contribution in [-0.4, -0.2) is 56.3 Å². The number of likely N-dealkylation sites (tertiary alicyclic amines) is 1. The maximum Gasteiger partial charge on any atom is 0.186 e. The van der Waals surface area contributed by atoms with Crippen molar-refractivity contribution in [3.05, 3.63) is 28.2 Å². The zero-order chi connectivity index (χ0) is 18.8. The molecule has 0 saturated carbocycles. The summed E-state index contributed by atoms with van der Waals surface area (Å²) in [6.07, 6.45) is 2.32. The number of nitrogens with one attached hydrogen (secondary N) is 1. The van der Waals surface area contributed by atoms with Crippen molar-refractivity contribution >= 4 is 33.8 Å². The van der Waals surface area contributed by atoms with E-state index in [1.807, 2.05) is 31.1 Å². The summed E-state index contributed by atoms with van der Waals surface area (Å²) in [6, 6.07) is 6.49. The van der Waals surface area contributed by atoms with Gasteiger partial charge in [0.15, 0.2) is 16.6 Å². The second-order valence-electron chi connectivity index (χ2n) is 7.18. The SMILES string of the molecule is CN(C)c1nc(Cl)c(CN2CCC[C@H](Nc3ccc4c(c3)OCCO4)C2)s1. The molecule has 1 aromatic heterocycles. The molecule has 1 saturated heterocycles. The minimum absolute atomic E-state index is 0.404. The number of halogens is 1. The first-order valence-corrected chi connectivity index (χ1v) is 10.5. The van der Waals surface area contributed by atoms with E-state index in [1.165, 1.54) is 6.42 Å². The van der Waals surface area contributed by atoms with Crippen LogP contribution < -0.4 is 19.7 Å². The number of anilines is 2. The number of aromatic nitrogens is 1. The van der Waals surface area contributed by atoms with Crippen molar-refractivity contribution in [1.82, 2.24) is 9.88 Å². The van der Waals surface area contributed by atoms with Gasteiger partial charge in [-0.1, -0.05) is 22.9 Å². The second-order valence-corrected chi connectivity index (χ2v) is 8.60. The number of nitrogens with zero attached hydrogens (tertiary/aromatic N) is 3. The Balaban J connectivity index is 1.38. The molecule has 2 aliphatic rings. The summed E-state index contributed by atoms with van der Waals surface area (Å²) in [6.45, 7) is 4.15. The highest BCUT2D eigenvalue weighted by Crippen LogP contribution is 2.34. The molecule has 8 heteroatoms. The highest BCUT2D eigenvalue weighted by molar-refractivity contribution is 7.16. The van der Waals surface area contributed by atoms with E-state index in [-0.39, 0.29) is 0 Å². The first-order chi connectivity index (χ1) is 13.1. The normalized spacial score (nSPS) is 19.7. The van der Waals surface area contributed by atoms with Gasteiger partial charge in [-0.05, 0) is 31.5 Å². The third kappa shape index (κ3) is 4.42. The minimum Gasteiger partial charge on any atom is -0.486 e. The predicted octanol–water partition coefficient (Wildman–Crippen LogP) is 3.71. The zero-order valence-corrected chi connectivity index (χ0v) is 17.3. The Bertz CT molecular complexity index is 798. The molecule has 2 aromatic rings. The van der Waals surface area contributed by atoms with Crippen LogP contribution in [0, 0.1) is 0 Å². The molecular formula is C19H25ClN4O2S. The number of thiazole rings is 1. The standard InChI is InChI=1S/C19H25ClN4O2S/c1-23(2)19-22-18(20)17(27-19)12-24-7-3-4-14(11-24)21-13-5-6-15-16(10-13)26-9-8-25-15/h5-6,10,14,21H,3-4,7-9,11-12H2,1-2H3/t14-/m0/s1. The van der Waals surface area contributed by atoms with E-state index >= 15 is 0 Å². The second kappa shape index (κ2) is 8.12. The van der Waals surface area contributed by atoms with Gasteiger partial charge in [0.05, 0.1) is 4.88 Å². The van der Waals surface area contributed by atoms with Crippen molar-refractivity contribution in [1.29, 1.82) is 0 Å². The maximum atomic E-state index is 6.35. The smallest absolute Gasteiger partial charge is 0.186 e. The predicted molar refractivity (Wildman–Crippen MR) is 111 cm³/mol. The minimum atomic E-state index is 0.404. The van der Waals surface area contributed by atoms with Crippen LogP contribution in [0.15, 0.2) is 18.2 Å².